The number of hydrogen-bond acceptors (Lipinski definition) is 6. The molecule has 0 amide bonds. The summed E-state index contributed by atoms with van der Waals surface area (Å²) in [6, 6.07) is 0. The third-order valence-corrected chi connectivity index (χ3v) is 4.65. The lowest BCUT2D eigenvalue weighted by atomic mass is 10.0. The van der Waals surface area contributed by atoms with Gasteiger partial charge in [0.25, 0.3) is 0 Å². The lowest BCUT2D eigenvalue weighted by Gasteiger charge is -2.34. The molecule has 0 bridgehead atoms. The summed E-state index contributed by atoms with van der Waals surface area (Å²) < 4.78 is 13.5. The first-order chi connectivity index (χ1) is 11.7. The number of fused-ring (bicyclic) bond motifs is 1. The molecule has 3 heterocycles. The lowest BCUT2D eigenvalue weighted by molar-refractivity contribution is -0.0707. The molecule has 0 aromatic carbocycles. The van der Waals surface area contributed by atoms with E-state index in [4.69, 9.17) is 9.15 Å². The molecular weight excluding hydrogens is 306 g/mol. The third kappa shape index (κ3) is 3.52. The van der Waals surface area contributed by atoms with Gasteiger partial charge in [0, 0.05) is 26.1 Å². The fourth-order valence-corrected chi connectivity index (χ4v) is 3.74. The van der Waals surface area contributed by atoms with Crippen molar-refractivity contribution in [3.05, 3.63) is 29.2 Å². The molecule has 24 heavy (non-hydrogen) atoms. The van der Waals surface area contributed by atoms with E-state index >= 15 is 0 Å². The first-order valence-electron chi connectivity index (χ1n) is 8.90. The Morgan fingerprint density at radius 2 is 1.92 bits per heavy atom. The van der Waals surface area contributed by atoms with Gasteiger partial charge in [0.1, 0.15) is 12.3 Å². The van der Waals surface area contributed by atoms with Crippen molar-refractivity contribution in [3.63, 3.8) is 0 Å². The predicted molar refractivity (Wildman–Crippen MR) is 87.6 cm³/mol. The Hall–Kier alpha value is -1.73. The van der Waals surface area contributed by atoms with Crippen molar-refractivity contribution in [1.29, 1.82) is 0 Å². The number of oxazole rings is 1. The molecular formula is C17H25N5O2. The summed E-state index contributed by atoms with van der Waals surface area (Å²) in [7, 11) is 0. The van der Waals surface area contributed by atoms with E-state index in [0.717, 1.165) is 55.5 Å². The van der Waals surface area contributed by atoms with Crippen molar-refractivity contribution in [1.82, 2.24) is 24.9 Å². The van der Waals surface area contributed by atoms with E-state index in [1.54, 1.807) is 0 Å². The van der Waals surface area contributed by atoms with E-state index in [1.165, 1.54) is 12.8 Å². The molecule has 7 heteroatoms. The Morgan fingerprint density at radius 3 is 2.71 bits per heavy atom. The van der Waals surface area contributed by atoms with Gasteiger partial charge in [0.05, 0.1) is 29.8 Å². The maximum Gasteiger partial charge on any atom is 0.216 e. The van der Waals surface area contributed by atoms with E-state index in [9.17, 15) is 0 Å². The first-order valence-corrected chi connectivity index (χ1v) is 8.90. The number of nitrogens with zero attached hydrogens (tertiary/aromatic N) is 5. The van der Waals surface area contributed by atoms with E-state index in [1.807, 2.05) is 10.9 Å². The fourth-order valence-electron chi connectivity index (χ4n) is 3.74. The molecule has 2 aliphatic rings. The second-order valence-electron chi connectivity index (χ2n) is 7.04. The molecule has 1 aliphatic carbocycles. The van der Waals surface area contributed by atoms with Gasteiger partial charge in [-0.15, -0.1) is 5.10 Å². The molecule has 0 saturated carbocycles. The molecule has 2 atom stereocenters. The Morgan fingerprint density at radius 1 is 1.12 bits per heavy atom. The second kappa shape index (κ2) is 6.64. The molecule has 0 unspecified atom stereocenters. The van der Waals surface area contributed by atoms with Crippen LogP contribution in [0.3, 0.4) is 0 Å². The Kier molecular flexibility index (Phi) is 4.37. The van der Waals surface area contributed by atoms with Crippen LogP contribution >= 0.6 is 0 Å². The average Bonchev–Trinajstić information content (AvgIpc) is 3.12. The van der Waals surface area contributed by atoms with Crippen LogP contribution in [-0.2, 0) is 30.7 Å². The zero-order chi connectivity index (χ0) is 16.5. The van der Waals surface area contributed by atoms with E-state index in [0.29, 0.717) is 6.54 Å². The van der Waals surface area contributed by atoms with Gasteiger partial charge in [0.15, 0.2) is 0 Å². The summed E-state index contributed by atoms with van der Waals surface area (Å²) in [5.74, 6) is 1.81. The van der Waals surface area contributed by atoms with Crippen LogP contribution in [0.5, 0.6) is 0 Å². The molecule has 0 radical (unpaired) electrons. The summed E-state index contributed by atoms with van der Waals surface area (Å²) in [5, 5.41) is 8.53. The molecule has 130 valence electrons. The zero-order valence-electron chi connectivity index (χ0n) is 14.4. The van der Waals surface area contributed by atoms with Crippen LogP contribution in [0, 0.1) is 0 Å². The molecule has 0 spiro atoms. The second-order valence-corrected chi connectivity index (χ2v) is 7.04. The van der Waals surface area contributed by atoms with E-state index in [2.05, 4.69) is 34.0 Å². The van der Waals surface area contributed by atoms with Crippen molar-refractivity contribution in [2.75, 3.05) is 13.1 Å². The SMILES string of the molecule is C[C@@H]1CN(Cc2cn(Cc3nc4c(o3)CCCC4)nn2)C[C@H](C)O1. The molecule has 1 fully saturated rings. The van der Waals surface area contributed by atoms with Crippen LogP contribution in [0.1, 0.15) is 49.7 Å². The Labute approximate surface area is 142 Å². The molecule has 2 aromatic heterocycles. The van der Waals surface area contributed by atoms with Crippen molar-refractivity contribution in [2.45, 2.75) is 64.8 Å². The van der Waals surface area contributed by atoms with E-state index in [-0.39, 0.29) is 12.2 Å². The van der Waals surface area contributed by atoms with Gasteiger partial charge in [-0.1, -0.05) is 5.21 Å². The van der Waals surface area contributed by atoms with Gasteiger partial charge in [-0.25, -0.2) is 9.67 Å². The van der Waals surface area contributed by atoms with Gasteiger partial charge >= 0.3 is 0 Å². The summed E-state index contributed by atoms with van der Waals surface area (Å²) in [4.78, 5) is 6.98. The van der Waals surface area contributed by atoms with Crippen LogP contribution in [0.4, 0.5) is 0 Å². The van der Waals surface area contributed by atoms with Crippen molar-refractivity contribution in [2.24, 2.45) is 0 Å². The number of hydrogen-bond donors (Lipinski definition) is 0. The highest BCUT2D eigenvalue weighted by atomic mass is 16.5. The van der Waals surface area contributed by atoms with Crippen molar-refractivity contribution in [3.8, 4) is 0 Å². The predicted octanol–water partition coefficient (Wildman–Crippen LogP) is 1.80. The zero-order valence-corrected chi connectivity index (χ0v) is 14.4. The summed E-state index contributed by atoms with van der Waals surface area (Å²) in [6.07, 6.45) is 6.99. The molecule has 4 rings (SSSR count). The molecule has 1 aliphatic heterocycles. The number of rotatable bonds is 4. The van der Waals surface area contributed by atoms with Gasteiger partial charge in [-0.3, -0.25) is 4.90 Å². The first kappa shape index (κ1) is 15.8. The number of aryl methyl sites for hydroxylation is 2. The van der Waals surface area contributed by atoms with Crippen LogP contribution in [0.2, 0.25) is 0 Å². The normalized spacial score (nSPS) is 24.9. The van der Waals surface area contributed by atoms with Crippen molar-refractivity contribution < 1.29 is 9.15 Å². The fraction of sp³-hybridized carbons (Fsp3) is 0.706. The van der Waals surface area contributed by atoms with Crippen LogP contribution < -0.4 is 0 Å². The summed E-state index contributed by atoms with van der Waals surface area (Å²) in [5.41, 5.74) is 2.11. The summed E-state index contributed by atoms with van der Waals surface area (Å²) >= 11 is 0. The van der Waals surface area contributed by atoms with Gasteiger partial charge in [-0.2, -0.15) is 0 Å². The van der Waals surface area contributed by atoms with Gasteiger partial charge < -0.3 is 9.15 Å². The minimum atomic E-state index is 0.266. The van der Waals surface area contributed by atoms with Crippen LogP contribution in [-0.4, -0.2) is 50.2 Å². The smallest absolute Gasteiger partial charge is 0.216 e. The highest BCUT2D eigenvalue weighted by molar-refractivity contribution is 5.13. The van der Waals surface area contributed by atoms with Crippen LogP contribution in [0.25, 0.3) is 0 Å². The van der Waals surface area contributed by atoms with Crippen molar-refractivity contribution >= 4 is 0 Å². The molecule has 1 saturated heterocycles. The van der Waals surface area contributed by atoms with Gasteiger partial charge in [0.2, 0.25) is 5.89 Å². The standard InChI is InChI=1S/C17H25N5O2/c1-12-7-21(8-13(2)23-12)9-14-10-22(20-19-14)11-17-18-15-5-3-4-6-16(15)24-17/h10,12-13H,3-9,11H2,1-2H3/t12-,13+. The Balaban J connectivity index is 1.38. The summed E-state index contributed by atoms with van der Waals surface area (Å²) in [6.45, 7) is 7.46. The van der Waals surface area contributed by atoms with Crippen LogP contribution in [0.15, 0.2) is 10.6 Å². The molecule has 7 nitrogen and oxygen atoms in total. The maximum atomic E-state index is 5.87. The largest absolute Gasteiger partial charge is 0.443 e. The Bertz CT molecular complexity index is 661. The maximum absolute atomic E-state index is 5.87. The highest BCUT2D eigenvalue weighted by Crippen LogP contribution is 2.22. The minimum Gasteiger partial charge on any atom is -0.443 e. The minimum absolute atomic E-state index is 0.266. The average molecular weight is 331 g/mol. The third-order valence-electron chi connectivity index (χ3n) is 4.65. The monoisotopic (exact) mass is 331 g/mol. The lowest BCUT2D eigenvalue weighted by Crippen LogP contribution is -2.44. The number of morpholine rings is 1. The highest BCUT2D eigenvalue weighted by Gasteiger charge is 2.23. The number of ether oxygens (including phenoxy) is 1. The quantitative estimate of drug-likeness (QED) is 0.851. The van der Waals surface area contributed by atoms with Gasteiger partial charge in [-0.05, 0) is 33.1 Å². The molecule has 2 aromatic rings. The van der Waals surface area contributed by atoms with E-state index < -0.39 is 0 Å². The topological polar surface area (TPSA) is 69.2 Å². The number of aromatic nitrogens is 4. The molecule has 0 N–H and O–H groups in total.